The van der Waals surface area contributed by atoms with Crippen LogP contribution in [0.2, 0.25) is 0 Å². The minimum Gasteiger partial charge on any atom is -0.198 e. The van der Waals surface area contributed by atoms with Gasteiger partial charge in [0.1, 0.15) is 0 Å². The van der Waals surface area contributed by atoms with Crippen molar-refractivity contribution in [2.75, 3.05) is 0 Å². The largest absolute Gasteiger partial charge is 0.198 e. The van der Waals surface area contributed by atoms with E-state index in [9.17, 15) is 5.26 Å². The van der Waals surface area contributed by atoms with E-state index in [-0.39, 0.29) is 5.41 Å². The second kappa shape index (κ2) is 5.00. The van der Waals surface area contributed by atoms with Gasteiger partial charge in [0.2, 0.25) is 0 Å². The van der Waals surface area contributed by atoms with Gasteiger partial charge in [-0.1, -0.05) is 25.1 Å². The minimum absolute atomic E-state index is 0.0840. The van der Waals surface area contributed by atoms with Gasteiger partial charge < -0.3 is 0 Å². The van der Waals surface area contributed by atoms with Crippen LogP contribution < -0.4 is 0 Å². The highest BCUT2D eigenvalue weighted by Crippen LogP contribution is 2.41. The van der Waals surface area contributed by atoms with E-state index in [2.05, 4.69) is 31.2 Å². The van der Waals surface area contributed by atoms with Gasteiger partial charge in [-0.3, -0.25) is 0 Å². The maximum atomic E-state index is 9.63. The molecule has 1 aromatic carbocycles. The third kappa shape index (κ3) is 2.54. The average molecular weight is 253 g/mol. The smallest absolute Gasteiger partial charge is 0.0693 e. The Morgan fingerprint density at radius 3 is 2.68 bits per heavy atom. The predicted molar refractivity (Wildman–Crippen MR) is 77.8 cm³/mol. The zero-order chi connectivity index (χ0) is 13.3. The SMILES string of the molecule is CC1CCC(C#N)(Cc2ccc3c(c2)CCC3)CC1. The Labute approximate surface area is 116 Å². The summed E-state index contributed by atoms with van der Waals surface area (Å²) in [5, 5.41) is 9.63. The lowest BCUT2D eigenvalue weighted by Gasteiger charge is -2.33. The van der Waals surface area contributed by atoms with E-state index in [0.29, 0.717) is 0 Å². The zero-order valence-corrected chi connectivity index (χ0v) is 11.9. The van der Waals surface area contributed by atoms with Gasteiger partial charge >= 0.3 is 0 Å². The maximum Gasteiger partial charge on any atom is 0.0693 e. The third-order valence-electron chi connectivity index (χ3n) is 5.17. The summed E-state index contributed by atoms with van der Waals surface area (Å²) in [6.07, 6.45) is 9.36. The van der Waals surface area contributed by atoms with E-state index >= 15 is 0 Å². The summed E-state index contributed by atoms with van der Waals surface area (Å²) in [5.41, 5.74) is 4.37. The van der Waals surface area contributed by atoms with Crippen molar-refractivity contribution >= 4 is 0 Å². The molecule has 0 heterocycles. The molecule has 0 amide bonds. The molecule has 0 saturated heterocycles. The van der Waals surface area contributed by atoms with Gasteiger partial charge in [0.05, 0.1) is 11.5 Å². The minimum atomic E-state index is -0.0840. The van der Waals surface area contributed by atoms with Gasteiger partial charge in [0.25, 0.3) is 0 Å². The van der Waals surface area contributed by atoms with Gasteiger partial charge in [-0.25, -0.2) is 0 Å². The Morgan fingerprint density at radius 2 is 1.95 bits per heavy atom. The number of hydrogen-bond acceptors (Lipinski definition) is 1. The molecule has 1 fully saturated rings. The Morgan fingerprint density at radius 1 is 1.21 bits per heavy atom. The van der Waals surface area contributed by atoms with Crippen LogP contribution in [0.15, 0.2) is 18.2 Å². The first-order valence-corrected chi connectivity index (χ1v) is 7.73. The number of fused-ring (bicyclic) bond motifs is 1. The van der Waals surface area contributed by atoms with E-state index in [0.717, 1.165) is 25.2 Å². The van der Waals surface area contributed by atoms with Crippen molar-refractivity contribution < 1.29 is 0 Å². The summed E-state index contributed by atoms with van der Waals surface area (Å²) in [7, 11) is 0. The summed E-state index contributed by atoms with van der Waals surface area (Å²) in [6.45, 7) is 2.32. The van der Waals surface area contributed by atoms with Crippen LogP contribution in [0.3, 0.4) is 0 Å². The van der Waals surface area contributed by atoms with Gasteiger partial charge in [-0.2, -0.15) is 5.26 Å². The van der Waals surface area contributed by atoms with Gasteiger partial charge in [-0.15, -0.1) is 0 Å². The number of nitrogens with zero attached hydrogens (tertiary/aromatic N) is 1. The molecule has 0 radical (unpaired) electrons. The van der Waals surface area contributed by atoms with E-state index in [1.165, 1.54) is 48.8 Å². The monoisotopic (exact) mass is 253 g/mol. The van der Waals surface area contributed by atoms with Gasteiger partial charge in [0.15, 0.2) is 0 Å². The summed E-state index contributed by atoms with van der Waals surface area (Å²) in [6, 6.07) is 9.59. The number of aryl methyl sites for hydroxylation is 2. The van der Waals surface area contributed by atoms with E-state index < -0.39 is 0 Å². The molecule has 0 aromatic heterocycles. The van der Waals surface area contributed by atoms with Crippen LogP contribution in [0.1, 0.15) is 55.7 Å². The first-order chi connectivity index (χ1) is 9.21. The number of nitriles is 1. The lowest BCUT2D eigenvalue weighted by Crippen LogP contribution is -2.27. The van der Waals surface area contributed by atoms with Crippen LogP contribution in [0.4, 0.5) is 0 Å². The summed E-state index contributed by atoms with van der Waals surface area (Å²) < 4.78 is 0. The molecule has 3 rings (SSSR count). The third-order valence-corrected chi connectivity index (χ3v) is 5.17. The second-order valence-corrected chi connectivity index (χ2v) is 6.71. The Hall–Kier alpha value is -1.29. The Bertz CT molecular complexity index is 501. The maximum absolute atomic E-state index is 9.63. The van der Waals surface area contributed by atoms with Crippen LogP contribution in [0.25, 0.3) is 0 Å². The molecular weight excluding hydrogens is 230 g/mol. The van der Waals surface area contributed by atoms with Crippen molar-refractivity contribution in [2.45, 2.75) is 58.3 Å². The standard InChI is InChI=1S/C18H23N/c1-14-7-9-18(13-19,10-8-14)12-15-5-6-16-3-2-4-17(16)11-15/h5-6,11,14H,2-4,7-10,12H2,1H3. The zero-order valence-electron chi connectivity index (χ0n) is 11.9. The highest BCUT2D eigenvalue weighted by molar-refractivity contribution is 5.36. The van der Waals surface area contributed by atoms with Crippen LogP contribution in [0.5, 0.6) is 0 Å². The summed E-state index contributed by atoms with van der Waals surface area (Å²) >= 11 is 0. The van der Waals surface area contributed by atoms with Gasteiger partial charge in [-0.05, 0) is 74.0 Å². The molecule has 1 heteroatoms. The summed E-state index contributed by atoms with van der Waals surface area (Å²) in [5.74, 6) is 0.807. The average Bonchev–Trinajstić information content (AvgIpc) is 2.89. The quantitative estimate of drug-likeness (QED) is 0.764. The Balaban J connectivity index is 1.78. The topological polar surface area (TPSA) is 23.8 Å². The molecule has 19 heavy (non-hydrogen) atoms. The van der Waals surface area contributed by atoms with E-state index in [1.54, 1.807) is 0 Å². The first kappa shape index (κ1) is 12.7. The fraction of sp³-hybridized carbons (Fsp3) is 0.611. The lowest BCUT2D eigenvalue weighted by molar-refractivity contribution is 0.219. The van der Waals surface area contributed by atoms with E-state index in [4.69, 9.17) is 0 Å². The van der Waals surface area contributed by atoms with Crippen molar-refractivity contribution in [3.05, 3.63) is 34.9 Å². The van der Waals surface area contributed by atoms with Crippen molar-refractivity contribution in [1.29, 1.82) is 5.26 Å². The number of rotatable bonds is 2. The predicted octanol–water partition coefficient (Wildman–Crippen LogP) is 4.44. The number of benzene rings is 1. The molecule has 0 aliphatic heterocycles. The lowest BCUT2D eigenvalue weighted by atomic mass is 9.68. The molecule has 100 valence electrons. The molecular formula is C18H23N. The molecule has 0 bridgehead atoms. The fourth-order valence-electron chi connectivity index (χ4n) is 3.77. The molecule has 0 spiro atoms. The molecule has 1 nitrogen and oxygen atoms in total. The van der Waals surface area contributed by atoms with Crippen molar-refractivity contribution in [1.82, 2.24) is 0 Å². The molecule has 2 aliphatic carbocycles. The molecule has 0 unspecified atom stereocenters. The molecule has 0 N–H and O–H groups in total. The van der Waals surface area contributed by atoms with E-state index in [1.807, 2.05) is 0 Å². The highest BCUT2D eigenvalue weighted by Gasteiger charge is 2.34. The second-order valence-electron chi connectivity index (χ2n) is 6.71. The molecule has 2 aliphatic rings. The first-order valence-electron chi connectivity index (χ1n) is 7.73. The Kier molecular flexibility index (Phi) is 3.35. The molecule has 0 atom stereocenters. The normalized spacial score (nSPS) is 29.8. The van der Waals surface area contributed by atoms with Crippen LogP contribution in [-0.4, -0.2) is 0 Å². The fourth-order valence-corrected chi connectivity index (χ4v) is 3.77. The summed E-state index contributed by atoms with van der Waals surface area (Å²) in [4.78, 5) is 0. The van der Waals surface area contributed by atoms with Crippen LogP contribution in [0, 0.1) is 22.7 Å². The molecule has 1 aromatic rings. The highest BCUT2D eigenvalue weighted by atomic mass is 14.4. The van der Waals surface area contributed by atoms with Crippen LogP contribution in [-0.2, 0) is 19.3 Å². The number of hydrogen-bond donors (Lipinski definition) is 0. The van der Waals surface area contributed by atoms with Crippen LogP contribution >= 0.6 is 0 Å². The van der Waals surface area contributed by atoms with Gasteiger partial charge in [0, 0.05) is 0 Å². The van der Waals surface area contributed by atoms with Crippen molar-refractivity contribution in [2.24, 2.45) is 11.3 Å². The van der Waals surface area contributed by atoms with Crippen molar-refractivity contribution in [3.63, 3.8) is 0 Å². The molecule has 1 saturated carbocycles. The van der Waals surface area contributed by atoms with Crippen molar-refractivity contribution in [3.8, 4) is 6.07 Å².